The van der Waals surface area contributed by atoms with Gasteiger partial charge < -0.3 is 16.4 Å². The minimum Gasteiger partial charge on any atom is -0.330 e. The van der Waals surface area contributed by atoms with Crippen LogP contribution >= 0.6 is 11.6 Å². The molecule has 0 heterocycles. The minimum absolute atomic E-state index is 0.138. The summed E-state index contributed by atoms with van der Waals surface area (Å²) < 4.78 is 61.9. The molecule has 8 nitrogen and oxygen atoms in total. The van der Waals surface area contributed by atoms with E-state index >= 15 is 0 Å². The Bertz CT molecular complexity index is 807. The second kappa shape index (κ2) is 12.7. The van der Waals surface area contributed by atoms with Crippen LogP contribution in [-0.4, -0.2) is 56.1 Å². The van der Waals surface area contributed by atoms with Crippen molar-refractivity contribution in [2.75, 3.05) is 39.3 Å². The molecule has 1 aromatic carbocycles. The highest BCUT2D eigenvalue weighted by Gasteiger charge is 2.22. The van der Waals surface area contributed by atoms with Crippen molar-refractivity contribution >= 4 is 31.8 Å². The Kier molecular flexibility index (Phi) is 11.4. The molecular weight excluding hydrogens is 431 g/mol. The number of nitrogens with two attached hydrogens (primary N) is 1. The summed E-state index contributed by atoms with van der Waals surface area (Å²) in [6, 6.07) is 2.66. The number of benzene rings is 1. The smallest absolute Gasteiger partial charge is 0.330 e. The maximum atomic E-state index is 13.1. The number of hydrogen-bond acceptors (Lipinski definition) is 7. The third kappa shape index (κ3) is 9.59. The van der Waals surface area contributed by atoms with Gasteiger partial charge in [-0.2, -0.15) is 8.42 Å². The van der Waals surface area contributed by atoms with Gasteiger partial charge >= 0.3 is 10.2 Å². The van der Waals surface area contributed by atoms with Crippen LogP contribution in [0.1, 0.15) is 25.7 Å². The van der Waals surface area contributed by atoms with Gasteiger partial charge in [0.2, 0.25) is 10.0 Å². The van der Waals surface area contributed by atoms with Crippen LogP contribution in [0.25, 0.3) is 0 Å². The van der Waals surface area contributed by atoms with Gasteiger partial charge in [0.25, 0.3) is 0 Å². The fourth-order valence-electron chi connectivity index (χ4n) is 2.32. The van der Waals surface area contributed by atoms with Crippen molar-refractivity contribution in [3.8, 4) is 0 Å². The van der Waals surface area contributed by atoms with Crippen molar-refractivity contribution in [3.05, 3.63) is 23.2 Å². The standard InChI is InChI=1S/C16H28ClFN4O4S2/c17-15-6-5-14(27(18,23)24)13-16(15)28(25,26)22-12-4-11-21-9-2-1-8-20-10-3-7-19/h5-6,13,20-22H,1-4,7-12,19H2. The van der Waals surface area contributed by atoms with E-state index in [-0.39, 0.29) is 11.6 Å². The zero-order valence-electron chi connectivity index (χ0n) is 15.6. The molecule has 0 atom stereocenters. The Morgan fingerprint density at radius 2 is 1.46 bits per heavy atom. The van der Waals surface area contributed by atoms with E-state index in [4.69, 9.17) is 17.3 Å². The molecule has 0 aromatic heterocycles. The van der Waals surface area contributed by atoms with Gasteiger partial charge in [-0.05, 0) is 76.6 Å². The van der Waals surface area contributed by atoms with E-state index in [0.717, 1.165) is 51.0 Å². The molecular formula is C16H28ClFN4O4S2. The van der Waals surface area contributed by atoms with Crippen LogP contribution in [0.2, 0.25) is 5.02 Å². The number of unbranched alkanes of at least 4 members (excludes halogenated alkanes) is 1. The van der Waals surface area contributed by atoms with Gasteiger partial charge in [0.15, 0.2) is 0 Å². The van der Waals surface area contributed by atoms with Crippen LogP contribution in [0.3, 0.4) is 0 Å². The van der Waals surface area contributed by atoms with Crippen molar-refractivity contribution in [1.82, 2.24) is 15.4 Å². The Labute approximate surface area is 171 Å². The molecule has 162 valence electrons. The molecule has 0 aliphatic carbocycles. The third-order valence-electron chi connectivity index (χ3n) is 3.81. The number of hydrogen-bond donors (Lipinski definition) is 4. The SMILES string of the molecule is NCCCNCCCCNCCCNS(=O)(=O)c1cc(S(=O)(=O)F)ccc1Cl. The molecule has 1 aromatic rings. The lowest BCUT2D eigenvalue weighted by atomic mass is 10.3. The predicted molar refractivity (Wildman–Crippen MR) is 108 cm³/mol. The van der Waals surface area contributed by atoms with Crippen molar-refractivity contribution in [3.63, 3.8) is 0 Å². The molecule has 5 N–H and O–H groups in total. The van der Waals surface area contributed by atoms with Crippen molar-refractivity contribution in [2.24, 2.45) is 5.73 Å². The average Bonchev–Trinajstić information content (AvgIpc) is 2.61. The molecule has 1 rings (SSSR count). The van der Waals surface area contributed by atoms with E-state index in [1.165, 1.54) is 0 Å². The van der Waals surface area contributed by atoms with E-state index < -0.39 is 30.0 Å². The Hall–Kier alpha value is -0.820. The first-order chi connectivity index (χ1) is 13.2. The van der Waals surface area contributed by atoms with Gasteiger partial charge in [-0.25, -0.2) is 13.1 Å². The van der Waals surface area contributed by atoms with Crippen molar-refractivity contribution in [1.29, 1.82) is 0 Å². The second-order valence-corrected chi connectivity index (χ2v) is 9.62. The fraction of sp³-hybridized carbons (Fsp3) is 0.625. The van der Waals surface area contributed by atoms with E-state index in [2.05, 4.69) is 15.4 Å². The number of sulfonamides is 1. The van der Waals surface area contributed by atoms with Crippen LogP contribution in [0.4, 0.5) is 3.89 Å². The van der Waals surface area contributed by atoms with Gasteiger partial charge in [0, 0.05) is 6.54 Å². The van der Waals surface area contributed by atoms with Crippen LogP contribution in [0.15, 0.2) is 28.0 Å². The molecule has 0 saturated heterocycles. The molecule has 0 aliphatic rings. The van der Waals surface area contributed by atoms with Crippen molar-refractivity contribution in [2.45, 2.75) is 35.5 Å². The summed E-state index contributed by atoms with van der Waals surface area (Å²) in [5.41, 5.74) is 5.40. The van der Waals surface area contributed by atoms with E-state index in [1.54, 1.807) is 0 Å². The fourth-order valence-corrected chi connectivity index (χ4v) is 4.48. The monoisotopic (exact) mass is 458 g/mol. The first-order valence-electron chi connectivity index (χ1n) is 9.04. The van der Waals surface area contributed by atoms with Crippen LogP contribution < -0.4 is 21.1 Å². The minimum atomic E-state index is -5.02. The third-order valence-corrected chi connectivity index (χ3v) is 6.57. The lowest BCUT2D eigenvalue weighted by molar-refractivity contribution is 0.551. The lowest BCUT2D eigenvalue weighted by Gasteiger charge is -2.10. The van der Waals surface area contributed by atoms with E-state index in [9.17, 15) is 20.7 Å². The van der Waals surface area contributed by atoms with Gasteiger partial charge in [-0.15, -0.1) is 3.89 Å². The predicted octanol–water partition coefficient (Wildman–Crippen LogP) is 0.975. The zero-order valence-corrected chi connectivity index (χ0v) is 18.0. The summed E-state index contributed by atoms with van der Waals surface area (Å²) >= 11 is 5.82. The molecule has 0 amide bonds. The molecule has 0 fully saturated rings. The summed E-state index contributed by atoms with van der Waals surface area (Å²) in [6.07, 6.45) is 3.54. The molecule has 12 heteroatoms. The normalized spacial score (nSPS) is 12.4. The summed E-state index contributed by atoms with van der Waals surface area (Å²) in [5, 5.41) is 6.33. The summed E-state index contributed by atoms with van der Waals surface area (Å²) in [5.74, 6) is 0. The summed E-state index contributed by atoms with van der Waals surface area (Å²) in [4.78, 5) is -1.22. The van der Waals surface area contributed by atoms with Gasteiger partial charge in [0.1, 0.15) is 4.90 Å². The Morgan fingerprint density at radius 3 is 2.04 bits per heavy atom. The zero-order chi connectivity index (χ0) is 21.0. The molecule has 0 saturated carbocycles. The highest BCUT2D eigenvalue weighted by atomic mass is 35.5. The summed E-state index contributed by atoms with van der Waals surface area (Å²) in [7, 11) is -9.06. The quantitative estimate of drug-likeness (QED) is 0.227. The van der Waals surface area contributed by atoms with E-state index in [1.807, 2.05) is 0 Å². The average molecular weight is 459 g/mol. The van der Waals surface area contributed by atoms with Crippen LogP contribution in [0, 0.1) is 0 Å². The molecule has 0 aliphatic heterocycles. The molecule has 0 radical (unpaired) electrons. The molecule has 0 unspecified atom stereocenters. The van der Waals surface area contributed by atoms with Crippen molar-refractivity contribution < 1.29 is 20.7 Å². The number of nitrogens with one attached hydrogen (secondary N) is 3. The molecule has 0 spiro atoms. The maximum Gasteiger partial charge on any atom is 0.332 e. The number of halogens is 2. The maximum absolute atomic E-state index is 13.1. The Morgan fingerprint density at radius 1 is 0.893 bits per heavy atom. The van der Waals surface area contributed by atoms with Gasteiger partial charge in [-0.1, -0.05) is 11.6 Å². The first-order valence-corrected chi connectivity index (χ1v) is 12.3. The Balaban J connectivity index is 2.30. The van der Waals surface area contributed by atoms with Gasteiger partial charge in [0.05, 0.1) is 9.92 Å². The van der Waals surface area contributed by atoms with E-state index in [0.29, 0.717) is 25.6 Å². The highest BCUT2D eigenvalue weighted by molar-refractivity contribution is 7.89. The largest absolute Gasteiger partial charge is 0.332 e. The topological polar surface area (TPSA) is 130 Å². The molecule has 28 heavy (non-hydrogen) atoms. The van der Waals surface area contributed by atoms with Crippen LogP contribution in [-0.2, 0) is 20.2 Å². The molecule has 0 bridgehead atoms. The van der Waals surface area contributed by atoms with Gasteiger partial charge in [-0.3, -0.25) is 0 Å². The van der Waals surface area contributed by atoms with Crippen LogP contribution in [0.5, 0.6) is 0 Å². The first kappa shape index (κ1) is 25.2. The highest BCUT2D eigenvalue weighted by Crippen LogP contribution is 2.25. The second-order valence-electron chi connectivity index (χ2n) is 6.13. The summed E-state index contributed by atoms with van der Waals surface area (Å²) in [6.45, 7) is 4.14. The lowest BCUT2D eigenvalue weighted by Crippen LogP contribution is -2.28. The number of rotatable bonds is 15.